The highest BCUT2D eigenvalue weighted by Gasteiger charge is 2.13. The van der Waals surface area contributed by atoms with Crippen molar-refractivity contribution >= 4 is 35.8 Å². The third-order valence-corrected chi connectivity index (χ3v) is 4.27. The number of halogens is 1. The second kappa shape index (κ2) is 13.9. The van der Waals surface area contributed by atoms with Crippen LogP contribution in [0, 0.1) is 11.8 Å². The van der Waals surface area contributed by atoms with Gasteiger partial charge in [-0.2, -0.15) is 0 Å². The molecule has 0 saturated heterocycles. The highest BCUT2D eigenvalue weighted by Crippen LogP contribution is 2.28. The van der Waals surface area contributed by atoms with Crippen molar-refractivity contribution in [3.8, 4) is 0 Å². The number of nitrogens with zero attached hydrogens (tertiary/aromatic N) is 1. The Hall–Kier alpha value is -0.530. The zero-order chi connectivity index (χ0) is 16.2. The Labute approximate surface area is 158 Å². The van der Waals surface area contributed by atoms with Crippen LogP contribution in [0.2, 0.25) is 0 Å². The summed E-state index contributed by atoms with van der Waals surface area (Å²) in [7, 11) is 1.78. The van der Waals surface area contributed by atoms with Gasteiger partial charge in [0.05, 0.1) is 0 Å². The second-order valence-corrected chi connectivity index (χ2v) is 6.52. The predicted octanol–water partition coefficient (Wildman–Crippen LogP) is 2.90. The van der Waals surface area contributed by atoms with Gasteiger partial charge in [-0.15, -0.1) is 24.0 Å². The molecular weight excluding hydrogens is 403 g/mol. The molecule has 1 aliphatic rings. The lowest BCUT2D eigenvalue weighted by Gasteiger charge is -2.13. The number of carbonyl (C=O) groups is 1. The van der Waals surface area contributed by atoms with E-state index in [-0.39, 0.29) is 35.8 Å². The van der Waals surface area contributed by atoms with Crippen LogP contribution < -0.4 is 16.0 Å². The fourth-order valence-electron chi connectivity index (χ4n) is 2.86. The Balaban J connectivity index is 0.00000484. The molecule has 0 radical (unpaired) electrons. The van der Waals surface area contributed by atoms with Gasteiger partial charge < -0.3 is 16.0 Å². The fourth-order valence-corrected chi connectivity index (χ4v) is 2.86. The normalized spacial score (nSPS) is 15.4. The van der Waals surface area contributed by atoms with Crippen molar-refractivity contribution in [2.24, 2.45) is 16.8 Å². The summed E-state index contributed by atoms with van der Waals surface area (Å²) >= 11 is 0. The van der Waals surface area contributed by atoms with Crippen LogP contribution in [0.4, 0.5) is 0 Å². The summed E-state index contributed by atoms with van der Waals surface area (Å²) in [5, 5.41) is 9.44. The lowest BCUT2D eigenvalue weighted by Crippen LogP contribution is -2.42. The van der Waals surface area contributed by atoms with Gasteiger partial charge in [-0.1, -0.05) is 52.4 Å². The van der Waals surface area contributed by atoms with Crippen LogP contribution in [-0.2, 0) is 4.79 Å². The molecule has 1 aliphatic carbocycles. The maximum Gasteiger partial charge on any atom is 0.222 e. The molecule has 1 saturated carbocycles. The van der Waals surface area contributed by atoms with Gasteiger partial charge in [-0.25, -0.2) is 0 Å². The number of hydrogen-bond acceptors (Lipinski definition) is 2. The standard InChI is InChI=1S/C17H34N4O.HI/c1-14(2)16(22)19-12-13-21-17(18-3)20-11-7-6-10-15-8-4-5-9-15;/h14-15H,4-13H2,1-3H3,(H,19,22)(H2,18,20,21);1H. The Bertz CT molecular complexity index is 341. The number of unbranched alkanes of at least 4 members (excludes halogenated alkanes) is 1. The smallest absolute Gasteiger partial charge is 0.222 e. The minimum absolute atomic E-state index is 0. The van der Waals surface area contributed by atoms with Gasteiger partial charge in [0.1, 0.15) is 0 Å². The molecule has 0 aromatic rings. The van der Waals surface area contributed by atoms with Crippen molar-refractivity contribution in [1.82, 2.24) is 16.0 Å². The zero-order valence-electron chi connectivity index (χ0n) is 15.0. The van der Waals surface area contributed by atoms with E-state index in [1.807, 2.05) is 13.8 Å². The molecule has 5 nitrogen and oxygen atoms in total. The van der Waals surface area contributed by atoms with Gasteiger partial charge in [0.2, 0.25) is 5.91 Å². The molecule has 0 unspecified atom stereocenters. The number of nitrogens with one attached hydrogen (secondary N) is 3. The molecule has 3 N–H and O–H groups in total. The molecular formula is C17H35IN4O. The second-order valence-electron chi connectivity index (χ2n) is 6.52. The van der Waals surface area contributed by atoms with Crippen molar-refractivity contribution in [2.45, 2.75) is 58.8 Å². The molecule has 6 heteroatoms. The molecule has 1 amide bonds. The van der Waals surface area contributed by atoms with Crippen LogP contribution in [0.15, 0.2) is 4.99 Å². The molecule has 0 aromatic heterocycles. The predicted molar refractivity (Wildman–Crippen MR) is 108 cm³/mol. The number of amides is 1. The summed E-state index contributed by atoms with van der Waals surface area (Å²) in [5.41, 5.74) is 0. The third-order valence-electron chi connectivity index (χ3n) is 4.27. The van der Waals surface area contributed by atoms with Crippen molar-refractivity contribution < 1.29 is 4.79 Å². The SMILES string of the molecule is CN=C(NCCCCC1CCCC1)NCCNC(=O)C(C)C.I. The zero-order valence-corrected chi connectivity index (χ0v) is 17.3. The minimum atomic E-state index is 0. The highest BCUT2D eigenvalue weighted by molar-refractivity contribution is 14.0. The monoisotopic (exact) mass is 438 g/mol. The molecule has 136 valence electrons. The van der Waals surface area contributed by atoms with E-state index in [0.717, 1.165) is 18.4 Å². The first-order valence-corrected chi connectivity index (χ1v) is 8.85. The van der Waals surface area contributed by atoms with Crippen LogP contribution in [0.5, 0.6) is 0 Å². The molecule has 0 aliphatic heterocycles. The lowest BCUT2D eigenvalue weighted by atomic mass is 10.0. The van der Waals surface area contributed by atoms with Gasteiger partial charge >= 0.3 is 0 Å². The van der Waals surface area contributed by atoms with E-state index < -0.39 is 0 Å². The van der Waals surface area contributed by atoms with E-state index in [2.05, 4.69) is 20.9 Å². The average Bonchev–Trinajstić information content (AvgIpc) is 3.01. The Morgan fingerprint density at radius 2 is 1.65 bits per heavy atom. The van der Waals surface area contributed by atoms with E-state index >= 15 is 0 Å². The Morgan fingerprint density at radius 1 is 1.04 bits per heavy atom. The molecule has 0 atom stereocenters. The lowest BCUT2D eigenvalue weighted by molar-refractivity contribution is -0.123. The van der Waals surface area contributed by atoms with Gasteiger partial charge in [0.15, 0.2) is 5.96 Å². The first kappa shape index (κ1) is 22.5. The molecule has 0 heterocycles. The van der Waals surface area contributed by atoms with Crippen LogP contribution in [0.3, 0.4) is 0 Å². The van der Waals surface area contributed by atoms with Gasteiger partial charge in [-0.3, -0.25) is 9.79 Å². The van der Waals surface area contributed by atoms with E-state index in [4.69, 9.17) is 0 Å². The van der Waals surface area contributed by atoms with E-state index in [1.54, 1.807) is 7.05 Å². The summed E-state index contributed by atoms with van der Waals surface area (Å²) in [5.74, 6) is 1.94. The van der Waals surface area contributed by atoms with Crippen LogP contribution in [0.1, 0.15) is 58.8 Å². The first-order chi connectivity index (χ1) is 10.6. The maximum atomic E-state index is 11.4. The number of guanidine groups is 1. The topological polar surface area (TPSA) is 65.5 Å². The molecule has 1 fully saturated rings. The van der Waals surface area contributed by atoms with Crippen molar-refractivity contribution in [3.63, 3.8) is 0 Å². The summed E-state index contributed by atoms with van der Waals surface area (Å²) in [4.78, 5) is 15.6. The van der Waals surface area contributed by atoms with Crippen molar-refractivity contribution in [1.29, 1.82) is 0 Å². The largest absolute Gasteiger partial charge is 0.356 e. The summed E-state index contributed by atoms with van der Waals surface area (Å²) in [6.45, 7) is 6.08. The summed E-state index contributed by atoms with van der Waals surface area (Å²) < 4.78 is 0. The van der Waals surface area contributed by atoms with Crippen LogP contribution in [0.25, 0.3) is 0 Å². The number of carbonyl (C=O) groups excluding carboxylic acids is 1. The molecule has 23 heavy (non-hydrogen) atoms. The van der Waals surface area contributed by atoms with E-state index in [9.17, 15) is 4.79 Å². The average molecular weight is 438 g/mol. The molecule has 1 rings (SSSR count). The Morgan fingerprint density at radius 3 is 2.26 bits per heavy atom. The van der Waals surface area contributed by atoms with Gasteiger partial charge in [-0.05, 0) is 12.3 Å². The first-order valence-electron chi connectivity index (χ1n) is 8.85. The fraction of sp³-hybridized carbons (Fsp3) is 0.882. The van der Waals surface area contributed by atoms with E-state index in [0.29, 0.717) is 13.1 Å². The van der Waals surface area contributed by atoms with Crippen molar-refractivity contribution in [3.05, 3.63) is 0 Å². The van der Waals surface area contributed by atoms with Gasteiger partial charge in [0, 0.05) is 32.6 Å². The van der Waals surface area contributed by atoms with E-state index in [1.165, 1.54) is 44.9 Å². The number of aliphatic imine (C=N–C) groups is 1. The van der Waals surface area contributed by atoms with Crippen LogP contribution in [-0.4, -0.2) is 38.5 Å². The van der Waals surface area contributed by atoms with Crippen molar-refractivity contribution in [2.75, 3.05) is 26.7 Å². The van der Waals surface area contributed by atoms with Gasteiger partial charge in [0.25, 0.3) is 0 Å². The third kappa shape index (κ3) is 10.8. The van der Waals surface area contributed by atoms with Crippen LogP contribution >= 0.6 is 24.0 Å². The maximum absolute atomic E-state index is 11.4. The summed E-state index contributed by atoms with van der Waals surface area (Å²) in [6, 6.07) is 0. The summed E-state index contributed by atoms with van der Waals surface area (Å²) in [6.07, 6.45) is 9.65. The quantitative estimate of drug-likeness (QED) is 0.225. The minimum Gasteiger partial charge on any atom is -0.356 e. The number of hydrogen-bond donors (Lipinski definition) is 3. The highest BCUT2D eigenvalue weighted by atomic mass is 127. The molecule has 0 spiro atoms. The number of rotatable bonds is 9. The molecule has 0 bridgehead atoms. The molecule has 0 aromatic carbocycles. The Kier molecular flexibility index (Phi) is 13.5.